The SMILES string of the molecule is C=C(/C(C)=C\C)/C(=C(/CCC)CC[C@H](C)CC)c1ccccc1C. The first-order chi connectivity index (χ1) is 11.5. The minimum atomic E-state index is 0.783. The predicted molar refractivity (Wildman–Crippen MR) is 110 cm³/mol. The summed E-state index contributed by atoms with van der Waals surface area (Å²) in [5, 5.41) is 0. The van der Waals surface area contributed by atoms with Crippen molar-refractivity contribution in [3.63, 3.8) is 0 Å². The summed E-state index contributed by atoms with van der Waals surface area (Å²) < 4.78 is 0. The number of hydrogen-bond acceptors (Lipinski definition) is 0. The van der Waals surface area contributed by atoms with Crippen LogP contribution in [0, 0.1) is 12.8 Å². The summed E-state index contributed by atoms with van der Waals surface area (Å²) in [4.78, 5) is 0. The molecule has 1 aromatic carbocycles. The van der Waals surface area contributed by atoms with Crippen molar-refractivity contribution in [2.75, 3.05) is 0 Å². The Balaban J connectivity index is 3.44. The third kappa shape index (κ3) is 5.51. The number of benzene rings is 1. The van der Waals surface area contributed by atoms with Gasteiger partial charge < -0.3 is 0 Å². The van der Waals surface area contributed by atoms with Gasteiger partial charge in [-0.15, -0.1) is 0 Å². The summed E-state index contributed by atoms with van der Waals surface area (Å²) in [6.07, 6.45) is 8.24. The highest BCUT2D eigenvalue weighted by Gasteiger charge is 2.16. The summed E-state index contributed by atoms with van der Waals surface area (Å²) in [5.41, 5.74) is 8.16. The van der Waals surface area contributed by atoms with Gasteiger partial charge in [-0.3, -0.25) is 0 Å². The number of aryl methyl sites for hydroxylation is 1. The van der Waals surface area contributed by atoms with Gasteiger partial charge >= 0.3 is 0 Å². The fourth-order valence-electron chi connectivity index (χ4n) is 3.09. The largest absolute Gasteiger partial charge is 0.0909 e. The van der Waals surface area contributed by atoms with Crippen LogP contribution in [0.25, 0.3) is 5.57 Å². The van der Waals surface area contributed by atoms with E-state index >= 15 is 0 Å². The molecule has 0 heterocycles. The zero-order chi connectivity index (χ0) is 18.1. The lowest BCUT2D eigenvalue weighted by atomic mass is 9.84. The van der Waals surface area contributed by atoms with Crippen LogP contribution in [0.3, 0.4) is 0 Å². The molecule has 1 aromatic rings. The predicted octanol–water partition coefficient (Wildman–Crippen LogP) is 7.90. The molecule has 0 aliphatic carbocycles. The lowest BCUT2D eigenvalue weighted by molar-refractivity contribution is 0.511. The Kier molecular flexibility index (Phi) is 8.82. The summed E-state index contributed by atoms with van der Waals surface area (Å²) in [6.45, 7) is 17.9. The Bertz CT molecular complexity index is 598. The molecule has 1 rings (SSSR count). The van der Waals surface area contributed by atoms with E-state index in [-0.39, 0.29) is 0 Å². The molecule has 0 nitrogen and oxygen atoms in total. The van der Waals surface area contributed by atoms with Crippen LogP contribution in [-0.2, 0) is 0 Å². The van der Waals surface area contributed by atoms with Crippen LogP contribution in [0.5, 0.6) is 0 Å². The Labute approximate surface area is 150 Å². The van der Waals surface area contributed by atoms with Gasteiger partial charge in [0, 0.05) is 0 Å². The normalized spacial score (nSPS) is 14.3. The zero-order valence-electron chi connectivity index (χ0n) is 16.7. The zero-order valence-corrected chi connectivity index (χ0v) is 16.7. The molecule has 0 radical (unpaired) electrons. The molecule has 132 valence electrons. The molecule has 0 fully saturated rings. The third-order valence-electron chi connectivity index (χ3n) is 5.17. The van der Waals surface area contributed by atoms with E-state index in [1.54, 1.807) is 5.57 Å². The van der Waals surface area contributed by atoms with E-state index in [1.165, 1.54) is 53.5 Å². The van der Waals surface area contributed by atoms with Gasteiger partial charge in [0.15, 0.2) is 0 Å². The van der Waals surface area contributed by atoms with Gasteiger partial charge in [-0.25, -0.2) is 0 Å². The molecule has 0 saturated carbocycles. The fourth-order valence-corrected chi connectivity index (χ4v) is 3.09. The van der Waals surface area contributed by atoms with Crippen molar-refractivity contribution in [3.8, 4) is 0 Å². The highest BCUT2D eigenvalue weighted by Crippen LogP contribution is 2.36. The first-order valence-electron chi connectivity index (χ1n) is 9.56. The van der Waals surface area contributed by atoms with E-state index in [0.29, 0.717) is 0 Å². The maximum atomic E-state index is 4.47. The summed E-state index contributed by atoms with van der Waals surface area (Å²) in [6, 6.07) is 8.75. The van der Waals surface area contributed by atoms with Crippen molar-refractivity contribution in [1.82, 2.24) is 0 Å². The first-order valence-corrected chi connectivity index (χ1v) is 9.56. The molecule has 0 N–H and O–H groups in total. The third-order valence-corrected chi connectivity index (χ3v) is 5.17. The van der Waals surface area contributed by atoms with Crippen molar-refractivity contribution < 1.29 is 0 Å². The second-order valence-electron chi connectivity index (χ2n) is 7.05. The summed E-state index contributed by atoms with van der Waals surface area (Å²) in [7, 11) is 0. The lowest BCUT2D eigenvalue weighted by Gasteiger charge is -2.21. The molecule has 0 saturated heterocycles. The molecule has 0 unspecified atom stereocenters. The van der Waals surface area contributed by atoms with Gasteiger partial charge in [-0.2, -0.15) is 0 Å². The monoisotopic (exact) mass is 324 g/mol. The molecule has 24 heavy (non-hydrogen) atoms. The van der Waals surface area contributed by atoms with Crippen molar-refractivity contribution in [2.45, 2.75) is 73.6 Å². The number of hydrogen-bond donors (Lipinski definition) is 0. The van der Waals surface area contributed by atoms with Crippen molar-refractivity contribution >= 4 is 5.57 Å². The van der Waals surface area contributed by atoms with E-state index in [0.717, 1.165) is 12.3 Å². The second kappa shape index (κ2) is 10.3. The Morgan fingerprint density at radius 2 is 1.83 bits per heavy atom. The minimum absolute atomic E-state index is 0.783. The topological polar surface area (TPSA) is 0 Å². The molecule has 0 aliphatic heterocycles. The standard InChI is InChI=1S/C24H36/c1-8-13-22(17-16-18(4)9-2)24(21(7)19(5)10-3)23-15-12-11-14-20(23)6/h10-12,14-15,18H,7-9,13,16-17H2,1-6H3/b19-10-,24-22+/t18-/m1/s1. The second-order valence-corrected chi connectivity index (χ2v) is 7.05. The van der Waals surface area contributed by atoms with E-state index < -0.39 is 0 Å². The van der Waals surface area contributed by atoms with E-state index in [1.807, 2.05) is 0 Å². The summed E-state index contributed by atoms with van der Waals surface area (Å²) in [5.74, 6) is 0.783. The van der Waals surface area contributed by atoms with Gasteiger partial charge in [0.2, 0.25) is 0 Å². The first kappa shape index (κ1) is 20.5. The van der Waals surface area contributed by atoms with Crippen molar-refractivity contribution in [1.29, 1.82) is 0 Å². The molecule has 0 aromatic heterocycles. The number of allylic oxidation sites excluding steroid dienone is 5. The maximum Gasteiger partial charge on any atom is -0.0120 e. The van der Waals surface area contributed by atoms with Crippen LogP contribution in [0.1, 0.15) is 77.8 Å². The van der Waals surface area contributed by atoms with Crippen molar-refractivity contribution in [3.05, 3.63) is 64.8 Å². The molecule has 0 spiro atoms. The average molecular weight is 325 g/mol. The molecular weight excluding hydrogens is 288 g/mol. The van der Waals surface area contributed by atoms with E-state index in [9.17, 15) is 0 Å². The van der Waals surface area contributed by atoms with Crippen LogP contribution in [-0.4, -0.2) is 0 Å². The Morgan fingerprint density at radius 3 is 2.38 bits per heavy atom. The van der Waals surface area contributed by atoms with Gasteiger partial charge in [0.1, 0.15) is 0 Å². The highest BCUT2D eigenvalue weighted by molar-refractivity contribution is 5.86. The van der Waals surface area contributed by atoms with Crippen LogP contribution in [0.2, 0.25) is 0 Å². The minimum Gasteiger partial charge on any atom is -0.0909 e. The number of rotatable bonds is 9. The van der Waals surface area contributed by atoms with Crippen LogP contribution in [0.4, 0.5) is 0 Å². The van der Waals surface area contributed by atoms with Gasteiger partial charge in [-0.05, 0) is 73.8 Å². The van der Waals surface area contributed by atoms with E-state index in [4.69, 9.17) is 0 Å². The smallest absolute Gasteiger partial charge is 0.0120 e. The van der Waals surface area contributed by atoms with Gasteiger partial charge in [0.05, 0.1) is 0 Å². The highest BCUT2D eigenvalue weighted by atomic mass is 14.2. The molecule has 1 atom stereocenters. The quantitative estimate of drug-likeness (QED) is 0.405. The van der Waals surface area contributed by atoms with Crippen LogP contribution in [0.15, 0.2) is 53.6 Å². The lowest BCUT2D eigenvalue weighted by Crippen LogP contribution is -2.02. The van der Waals surface area contributed by atoms with Gasteiger partial charge in [0.25, 0.3) is 0 Å². The van der Waals surface area contributed by atoms with Crippen LogP contribution >= 0.6 is 0 Å². The molecule has 0 aliphatic rings. The van der Waals surface area contributed by atoms with Crippen LogP contribution < -0.4 is 0 Å². The molecular formula is C24H36. The molecule has 0 amide bonds. The average Bonchev–Trinajstić information content (AvgIpc) is 2.60. The van der Waals surface area contributed by atoms with Gasteiger partial charge in [-0.1, -0.05) is 76.1 Å². The maximum absolute atomic E-state index is 4.47. The Morgan fingerprint density at radius 1 is 1.17 bits per heavy atom. The molecule has 0 heteroatoms. The van der Waals surface area contributed by atoms with E-state index in [2.05, 4.69) is 78.5 Å². The fraction of sp³-hybridized carbons (Fsp3) is 0.500. The Hall–Kier alpha value is -1.56. The summed E-state index contributed by atoms with van der Waals surface area (Å²) >= 11 is 0. The molecule has 0 bridgehead atoms. The van der Waals surface area contributed by atoms with Crippen molar-refractivity contribution in [2.24, 2.45) is 5.92 Å².